The Kier molecular flexibility index (Phi) is 9.36. The third-order valence-electron chi connectivity index (χ3n) is 14.9. The molecule has 0 unspecified atom stereocenters. The zero-order valence-electron chi connectivity index (χ0n) is 39.7. The fourth-order valence-electron chi connectivity index (χ4n) is 11.8. The first-order valence-corrected chi connectivity index (χ1v) is 25.4. The molecule has 3 heterocycles. The number of aromatic nitrogens is 2. The van der Waals surface area contributed by atoms with Gasteiger partial charge in [0, 0.05) is 39.0 Å². The summed E-state index contributed by atoms with van der Waals surface area (Å²) in [6.45, 7) is 7.09. The molecule has 0 atom stereocenters. The molecule has 0 saturated carbocycles. The summed E-state index contributed by atoms with van der Waals surface area (Å²) >= 11 is 1.78. The molecule has 3 heteroatoms. The van der Waals surface area contributed by atoms with Crippen molar-refractivity contribution in [2.45, 2.75) is 26.2 Å². The van der Waals surface area contributed by atoms with Crippen molar-refractivity contribution in [2.24, 2.45) is 0 Å². The van der Waals surface area contributed by atoms with Crippen LogP contribution in [0.2, 0.25) is 0 Å². The van der Waals surface area contributed by atoms with Crippen LogP contribution in [0.1, 0.15) is 26.3 Å². The van der Waals surface area contributed by atoms with E-state index in [-0.39, 0.29) is 5.41 Å². The van der Waals surface area contributed by atoms with Crippen LogP contribution in [-0.4, -0.2) is 9.97 Å². The van der Waals surface area contributed by atoms with Gasteiger partial charge in [-0.2, -0.15) is 0 Å². The fraction of sp³-hybridized carbons (Fsp3) is 0.0588. The molecule has 334 valence electrons. The highest BCUT2D eigenvalue weighted by atomic mass is 32.1. The van der Waals surface area contributed by atoms with Gasteiger partial charge in [0.1, 0.15) is 4.83 Å². The summed E-state index contributed by atoms with van der Waals surface area (Å²) in [7, 11) is 0. The molecule has 0 amide bonds. The summed E-state index contributed by atoms with van der Waals surface area (Å²) in [5.74, 6) is 0. The van der Waals surface area contributed by atoms with Crippen molar-refractivity contribution in [3.8, 4) is 123 Å². The normalized spacial score (nSPS) is 12.2. The minimum absolute atomic E-state index is 0.193. The highest BCUT2D eigenvalue weighted by molar-refractivity contribution is 7.26. The van der Waals surface area contributed by atoms with Gasteiger partial charge >= 0.3 is 0 Å². The smallest absolute Gasteiger partial charge is 0.124 e. The molecule has 3 aromatic heterocycles. The summed E-state index contributed by atoms with van der Waals surface area (Å²) in [6, 6.07) is 79.1. The maximum atomic E-state index is 5.02. The van der Waals surface area contributed by atoms with E-state index in [2.05, 4.69) is 227 Å². The second-order valence-electron chi connectivity index (χ2n) is 20.0. The van der Waals surface area contributed by atoms with Gasteiger partial charge in [-0.15, -0.1) is 11.3 Å². The van der Waals surface area contributed by atoms with Crippen molar-refractivity contribution in [1.29, 1.82) is 0 Å². The van der Waals surface area contributed by atoms with E-state index in [1.54, 1.807) is 11.3 Å². The molecule has 0 bridgehead atoms. The molecule has 0 saturated heterocycles. The summed E-state index contributed by atoms with van der Waals surface area (Å²) in [4.78, 5) is 10.8. The highest BCUT2D eigenvalue weighted by Gasteiger charge is 2.29. The molecule has 2 aliphatic rings. The van der Waals surface area contributed by atoms with Crippen LogP contribution in [0.4, 0.5) is 0 Å². The van der Waals surface area contributed by atoms with E-state index < -0.39 is 0 Å². The van der Waals surface area contributed by atoms with Gasteiger partial charge in [-0.1, -0.05) is 197 Å². The molecule has 71 heavy (non-hydrogen) atoms. The van der Waals surface area contributed by atoms with E-state index in [1.165, 1.54) is 127 Å². The van der Waals surface area contributed by atoms with E-state index >= 15 is 0 Å². The Morgan fingerprint density at radius 3 is 1.20 bits per heavy atom. The van der Waals surface area contributed by atoms with Gasteiger partial charge in [0.25, 0.3) is 0 Å². The van der Waals surface area contributed by atoms with Gasteiger partial charge in [0.15, 0.2) is 0 Å². The summed E-state index contributed by atoms with van der Waals surface area (Å²) in [5, 5.41) is 2.47. The second kappa shape index (κ2) is 16.0. The molecular weight excluding hydrogens is 877 g/mol. The molecule has 2 nitrogen and oxygen atoms in total. The van der Waals surface area contributed by atoms with Crippen molar-refractivity contribution in [2.75, 3.05) is 0 Å². The van der Waals surface area contributed by atoms with E-state index in [0.29, 0.717) is 0 Å². The first kappa shape index (κ1) is 41.5. The standard InChI is InChI=1S/C68H46N2S/c1-68(2,3)64-44(24-12-25-45(64)42-31-35-56-58-28-14-36-69-65(58)57-23-11-10-19-50(57)49-18-6-9-22-53(49)63(56)39-42)41-30-33-54-55-34-32-43(46-26-13-27-59-60-29-15-37-70-67(60)71-66(46)59)40-62(55)52-21-8-5-17-48(52)47-16-4-7-20-51(47)61(54)38-41/h4-40H,1-3H3. The van der Waals surface area contributed by atoms with Crippen molar-refractivity contribution < 1.29 is 0 Å². The van der Waals surface area contributed by atoms with Crippen LogP contribution < -0.4 is 0 Å². The average Bonchev–Trinajstić information content (AvgIpc) is 3.81. The third-order valence-corrected chi connectivity index (χ3v) is 16.0. The molecule has 14 rings (SSSR count). The Bertz CT molecular complexity index is 4160. The minimum Gasteiger partial charge on any atom is -0.256 e. The van der Waals surface area contributed by atoms with E-state index in [1.807, 2.05) is 18.5 Å². The lowest BCUT2D eigenvalue weighted by atomic mass is 9.75. The Hall–Kier alpha value is -8.50. The van der Waals surface area contributed by atoms with Crippen LogP contribution in [0.3, 0.4) is 0 Å². The molecular formula is C68H46N2S. The van der Waals surface area contributed by atoms with Crippen molar-refractivity contribution >= 4 is 31.6 Å². The van der Waals surface area contributed by atoms with Crippen molar-refractivity contribution in [3.05, 3.63) is 230 Å². The molecule has 2 aliphatic carbocycles. The van der Waals surface area contributed by atoms with Crippen LogP contribution in [0.5, 0.6) is 0 Å². The number of hydrogen-bond acceptors (Lipinski definition) is 3. The van der Waals surface area contributed by atoms with E-state index in [9.17, 15) is 0 Å². The lowest BCUT2D eigenvalue weighted by Gasteiger charge is -2.29. The third kappa shape index (κ3) is 6.54. The fourth-order valence-corrected chi connectivity index (χ4v) is 13.0. The summed E-state index contributed by atoms with van der Waals surface area (Å²) < 4.78 is 1.27. The van der Waals surface area contributed by atoms with Gasteiger partial charge in [-0.05, 0) is 153 Å². The average molecular weight is 923 g/mol. The second-order valence-corrected chi connectivity index (χ2v) is 21.0. The van der Waals surface area contributed by atoms with Crippen LogP contribution in [0.25, 0.3) is 143 Å². The zero-order chi connectivity index (χ0) is 47.4. The summed E-state index contributed by atoms with van der Waals surface area (Å²) in [6.07, 6.45) is 3.82. The van der Waals surface area contributed by atoms with Gasteiger partial charge in [0.05, 0.1) is 5.69 Å². The maximum Gasteiger partial charge on any atom is 0.124 e. The molecule has 9 aromatic carbocycles. The maximum absolute atomic E-state index is 5.02. The predicted octanol–water partition coefficient (Wildman–Crippen LogP) is 19.1. The lowest BCUT2D eigenvalue weighted by Crippen LogP contribution is -2.15. The lowest BCUT2D eigenvalue weighted by molar-refractivity contribution is 0.593. The van der Waals surface area contributed by atoms with Crippen LogP contribution >= 0.6 is 11.3 Å². The monoisotopic (exact) mass is 922 g/mol. The zero-order valence-corrected chi connectivity index (χ0v) is 40.5. The molecule has 0 N–H and O–H groups in total. The number of hydrogen-bond donors (Lipinski definition) is 0. The highest BCUT2D eigenvalue weighted by Crippen LogP contribution is 2.53. The van der Waals surface area contributed by atoms with Crippen molar-refractivity contribution in [1.82, 2.24) is 9.97 Å². The van der Waals surface area contributed by atoms with Crippen LogP contribution in [0.15, 0.2) is 225 Å². The first-order valence-electron chi connectivity index (χ1n) is 24.5. The Morgan fingerprint density at radius 1 is 0.296 bits per heavy atom. The number of nitrogens with zero attached hydrogens (tertiary/aromatic N) is 2. The molecule has 0 spiro atoms. The number of fused-ring (bicyclic) bond motifs is 19. The van der Waals surface area contributed by atoms with Gasteiger partial charge in [-0.3, -0.25) is 4.98 Å². The SMILES string of the molecule is CC(C)(C)c1c(-c2ccc3c(c2)-c2ccccc2-c2ccccc2-c2cc(-c4cccc5c4sc4ncccc45)ccc2-3)cccc1-c1ccc2c(c1)-c1ccccc1-c1ccccc1-c1ncccc1-2. The molecule has 12 aromatic rings. The first-order chi connectivity index (χ1) is 34.9. The topological polar surface area (TPSA) is 25.8 Å². The predicted molar refractivity (Wildman–Crippen MR) is 301 cm³/mol. The van der Waals surface area contributed by atoms with Gasteiger partial charge < -0.3 is 0 Å². The number of rotatable bonds is 3. The van der Waals surface area contributed by atoms with E-state index in [4.69, 9.17) is 9.97 Å². The largest absolute Gasteiger partial charge is 0.256 e. The molecule has 0 aliphatic heterocycles. The van der Waals surface area contributed by atoms with Crippen LogP contribution in [-0.2, 0) is 5.41 Å². The number of benzene rings is 9. The minimum atomic E-state index is -0.193. The number of pyridine rings is 2. The Balaban J connectivity index is 0.960. The van der Waals surface area contributed by atoms with Crippen molar-refractivity contribution in [3.63, 3.8) is 0 Å². The molecule has 0 fully saturated rings. The summed E-state index contributed by atoms with van der Waals surface area (Å²) in [5.41, 5.74) is 27.7. The van der Waals surface area contributed by atoms with Gasteiger partial charge in [-0.25, -0.2) is 4.98 Å². The molecule has 0 radical (unpaired) electrons. The Morgan fingerprint density at radius 2 is 0.662 bits per heavy atom. The van der Waals surface area contributed by atoms with Gasteiger partial charge in [0.2, 0.25) is 0 Å². The quantitative estimate of drug-likeness (QED) is 0.176. The van der Waals surface area contributed by atoms with E-state index in [0.717, 1.165) is 21.7 Å². The Labute approximate surface area is 418 Å². The number of thiophene rings is 1. The van der Waals surface area contributed by atoms with Crippen LogP contribution in [0, 0.1) is 0 Å².